The number of nitriles is 1. The largest absolute Gasteiger partial charge is 0.353 e. The molecule has 2 rings (SSSR count). The lowest BCUT2D eigenvalue weighted by molar-refractivity contribution is 0.392. The van der Waals surface area contributed by atoms with Gasteiger partial charge in [-0.15, -0.1) is 0 Å². The average Bonchev–Trinajstić information content (AvgIpc) is 2.45. The smallest absolute Gasteiger partial charge is 0.142 e. The van der Waals surface area contributed by atoms with E-state index in [4.69, 9.17) is 5.26 Å². The zero-order valence-corrected chi connectivity index (χ0v) is 11.8. The number of hydrogen-bond acceptors (Lipinski definition) is 4. The molecule has 4 nitrogen and oxygen atoms in total. The number of piperidine rings is 1. The minimum atomic E-state index is 0.380. The van der Waals surface area contributed by atoms with E-state index in [-0.39, 0.29) is 0 Å². The van der Waals surface area contributed by atoms with Gasteiger partial charge in [-0.3, -0.25) is 0 Å². The van der Waals surface area contributed by atoms with E-state index in [1.165, 1.54) is 19.3 Å². The number of aromatic nitrogens is 1. The van der Waals surface area contributed by atoms with E-state index in [2.05, 4.69) is 35.1 Å². The Morgan fingerprint density at radius 3 is 2.95 bits per heavy atom. The topological polar surface area (TPSA) is 52.0 Å². The molecule has 0 aliphatic carbocycles. The lowest BCUT2D eigenvalue weighted by atomic mass is 10.0. The van der Waals surface area contributed by atoms with Gasteiger partial charge in [0, 0.05) is 18.6 Å². The van der Waals surface area contributed by atoms with E-state index in [1.54, 1.807) is 6.07 Å². The van der Waals surface area contributed by atoms with Crippen LogP contribution < -0.4 is 10.2 Å². The summed E-state index contributed by atoms with van der Waals surface area (Å²) >= 11 is 0. The van der Waals surface area contributed by atoms with E-state index in [9.17, 15) is 0 Å². The van der Waals surface area contributed by atoms with Crippen LogP contribution in [0.15, 0.2) is 18.2 Å². The second-order valence-corrected chi connectivity index (χ2v) is 5.39. The molecule has 0 saturated carbocycles. The highest BCUT2D eigenvalue weighted by Gasteiger charge is 2.19. The van der Waals surface area contributed by atoms with Gasteiger partial charge in [-0.25, -0.2) is 4.98 Å². The standard InChI is InChI=1S/C15H22N4/c1-12(2)19(11-14-6-3-4-9-17-14)15-8-5-7-13(10-16)18-15/h5,7-8,12,14,17H,3-4,6,9,11H2,1-2H3. The summed E-state index contributed by atoms with van der Waals surface area (Å²) in [6.07, 6.45) is 3.80. The molecule has 0 aromatic carbocycles. The molecule has 4 heteroatoms. The molecule has 2 heterocycles. The van der Waals surface area contributed by atoms with Crippen molar-refractivity contribution in [2.45, 2.75) is 45.2 Å². The third-order valence-corrected chi connectivity index (χ3v) is 3.60. The number of nitrogens with zero attached hydrogens (tertiary/aromatic N) is 3. The molecule has 19 heavy (non-hydrogen) atoms. The number of rotatable bonds is 4. The van der Waals surface area contributed by atoms with Crippen molar-refractivity contribution in [3.05, 3.63) is 23.9 Å². The molecule has 0 bridgehead atoms. The van der Waals surface area contributed by atoms with Crippen LogP contribution in [0.2, 0.25) is 0 Å². The molecule has 1 N–H and O–H groups in total. The quantitative estimate of drug-likeness (QED) is 0.900. The third-order valence-electron chi connectivity index (χ3n) is 3.60. The third kappa shape index (κ3) is 3.68. The predicted molar refractivity (Wildman–Crippen MR) is 77.1 cm³/mol. The molecule has 1 atom stereocenters. The lowest BCUT2D eigenvalue weighted by Crippen LogP contribution is -2.46. The Bertz CT molecular complexity index is 444. The summed E-state index contributed by atoms with van der Waals surface area (Å²) in [4.78, 5) is 6.70. The minimum Gasteiger partial charge on any atom is -0.353 e. The van der Waals surface area contributed by atoms with Gasteiger partial charge in [-0.1, -0.05) is 12.5 Å². The van der Waals surface area contributed by atoms with Crippen LogP contribution in [0.5, 0.6) is 0 Å². The fourth-order valence-corrected chi connectivity index (χ4v) is 2.53. The molecule has 1 aromatic rings. The Morgan fingerprint density at radius 1 is 1.47 bits per heavy atom. The molecule has 1 aliphatic heterocycles. The van der Waals surface area contributed by atoms with E-state index in [0.717, 1.165) is 18.9 Å². The number of hydrogen-bond donors (Lipinski definition) is 1. The molecule has 0 amide bonds. The van der Waals surface area contributed by atoms with Crippen LogP contribution in [0, 0.1) is 11.3 Å². The Balaban J connectivity index is 2.12. The summed E-state index contributed by atoms with van der Waals surface area (Å²) in [5, 5.41) is 12.5. The summed E-state index contributed by atoms with van der Waals surface area (Å²) in [6, 6.07) is 8.67. The van der Waals surface area contributed by atoms with Gasteiger partial charge in [-0.05, 0) is 45.4 Å². The number of pyridine rings is 1. The van der Waals surface area contributed by atoms with Crippen molar-refractivity contribution in [1.82, 2.24) is 10.3 Å². The van der Waals surface area contributed by atoms with Crippen LogP contribution in [0.3, 0.4) is 0 Å². The first kappa shape index (κ1) is 13.8. The fourth-order valence-electron chi connectivity index (χ4n) is 2.53. The van der Waals surface area contributed by atoms with Gasteiger partial charge >= 0.3 is 0 Å². The predicted octanol–water partition coefficient (Wildman–Crippen LogP) is 2.31. The van der Waals surface area contributed by atoms with Crippen molar-refractivity contribution in [2.75, 3.05) is 18.0 Å². The molecular weight excluding hydrogens is 236 g/mol. The van der Waals surface area contributed by atoms with E-state index in [0.29, 0.717) is 17.8 Å². The van der Waals surface area contributed by atoms with Crippen molar-refractivity contribution in [1.29, 1.82) is 5.26 Å². The van der Waals surface area contributed by atoms with Crippen LogP contribution in [0.4, 0.5) is 5.82 Å². The molecule has 0 radical (unpaired) electrons. The van der Waals surface area contributed by atoms with Gasteiger partial charge in [0.15, 0.2) is 0 Å². The molecule has 1 fully saturated rings. The highest BCUT2D eigenvalue weighted by molar-refractivity contribution is 5.42. The first-order chi connectivity index (χ1) is 9.20. The molecule has 1 aromatic heterocycles. The Hall–Kier alpha value is -1.60. The van der Waals surface area contributed by atoms with Crippen molar-refractivity contribution < 1.29 is 0 Å². The monoisotopic (exact) mass is 258 g/mol. The Kier molecular flexibility index (Phi) is 4.75. The fraction of sp³-hybridized carbons (Fsp3) is 0.600. The Morgan fingerprint density at radius 2 is 2.32 bits per heavy atom. The average molecular weight is 258 g/mol. The normalized spacial score (nSPS) is 19.2. The second kappa shape index (κ2) is 6.53. The SMILES string of the molecule is CC(C)N(CC1CCCCN1)c1cccc(C#N)n1. The van der Waals surface area contributed by atoms with Crippen LogP contribution in [-0.2, 0) is 0 Å². The molecule has 1 saturated heterocycles. The van der Waals surface area contributed by atoms with Crippen molar-refractivity contribution >= 4 is 5.82 Å². The minimum absolute atomic E-state index is 0.380. The van der Waals surface area contributed by atoms with Crippen molar-refractivity contribution in [3.63, 3.8) is 0 Å². The summed E-state index contributed by atoms with van der Waals surface area (Å²) in [7, 11) is 0. The zero-order chi connectivity index (χ0) is 13.7. The van der Waals surface area contributed by atoms with Gasteiger partial charge in [-0.2, -0.15) is 5.26 Å². The van der Waals surface area contributed by atoms with Gasteiger partial charge in [0.25, 0.3) is 0 Å². The van der Waals surface area contributed by atoms with Crippen molar-refractivity contribution in [3.8, 4) is 6.07 Å². The maximum absolute atomic E-state index is 8.96. The van der Waals surface area contributed by atoms with Crippen LogP contribution in [0.25, 0.3) is 0 Å². The molecule has 1 unspecified atom stereocenters. The maximum Gasteiger partial charge on any atom is 0.142 e. The zero-order valence-electron chi connectivity index (χ0n) is 11.8. The van der Waals surface area contributed by atoms with Gasteiger partial charge < -0.3 is 10.2 Å². The first-order valence-electron chi connectivity index (χ1n) is 7.08. The van der Waals surface area contributed by atoms with E-state index < -0.39 is 0 Å². The van der Waals surface area contributed by atoms with Crippen LogP contribution in [0.1, 0.15) is 38.8 Å². The van der Waals surface area contributed by atoms with E-state index in [1.807, 2.05) is 12.1 Å². The summed E-state index contributed by atoms with van der Waals surface area (Å²) in [5.74, 6) is 0.904. The maximum atomic E-state index is 8.96. The Labute approximate surface area is 115 Å². The molecule has 0 spiro atoms. The van der Waals surface area contributed by atoms with Gasteiger partial charge in [0.05, 0.1) is 0 Å². The molecule has 102 valence electrons. The lowest BCUT2D eigenvalue weighted by Gasteiger charge is -2.34. The van der Waals surface area contributed by atoms with Crippen LogP contribution in [-0.4, -0.2) is 30.2 Å². The van der Waals surface area contributed by atoms with E-state index >= 15 is 0 Å². The van der Waals surface area contributed by atoms with Gasteiger partial charge in [0.1, 0.15) is 17.6 Å². The highest BCUT2D eigenvalue weighted by atomic mass is 15.2. The highest BCUT2D eigenvalue weighted by Crippen LogP contribution is 2.17. The van der Waals surface area contributed by atoms with Gasteiger partial charge in [0.2, 0.25) is 0 Å². The number of nitrogens with one attached hydrogen (secondary N) is 1. The second-order valence-electron chi connectivity index (χ2n) is 5.39. The summed E-state index contributed by atoms with van der Waals surface area (Å²) < 4.78 is 0. The summed E-state index contributed by atoms with van der Waals surface area (Å²) in [5.41, 5.74) is 0.486. The molecule has 1 aliphatic rings. The first-order valence-corrected chi connectivity index (χ1v) is 7.08. The number of anilines is 1. The van der Waals surface area contributed by atoms with Crippen molar-refractivity contribution in [2.24, 2.45) is 0 Å². The molecular formula is C15H22N4. The van der Waals surface area contributed by atoms with Crippen LogP contribution >= 0.6 is 0 Å². The summed E-state index contributed by atoms with van der Waals surface area (Å²) in [6.45, 7) is 6.41.